The maximum atomic E-state index is 14.6. The van der Waals surface area contributed by atoms with Crippen LogP contribution in [0, 0.1) is 0 Å². The first-order chi connectivity index (χ1) is 15.2. The van der Waals surface area contributed by atoms with Gasteiger partial charge in [-0.1, -0.05) is 37.5 Å². The van der Waals surface area contributed by atoms with E-state index in [1.807, 2.05) is 0 Å². The van der Waals surface area contributed by atoms with Crippen LogP contribution in [0.15, 0.2) is 24.3 Å². The van der Waals surface area contributed by atoms with Crippen LogP contribution in [-0.2, 0) is 5.92 Å². The van der Waals surface area contributed by atoms with E-state index in [0.29, 0.717) is 37.8 Å². The van der Waals surface area contributed by atoms with E-state index >= 15 is 0 Å². The summed E-state index contributed by atoms with van der Waals surface area (Å²) in [4.78, 5) is 12.4. The molecule has 1 fully saturated rings. The molecule has 0 spiro atoms. The molecule has 1 saturated carbocycles. The van der Waals surface area contributed by atoms with Gasteiger partial charge in [-0.25, -0.2) is 0 Å². The number of carbonyl (C=O) groups is 1. The quantitative estimate of drug-likeness (QED) is 0.387. The number of halogens is 13. The molecule has 0 unspecified atom stereocenters. The number of hydrogen-bond acceptors (Lipinski definition) is 1. The molecule has 0 atom stereocenters. The van der Waals surface area contributed by atoms with Crippen LogP contribution in [-0.4, -0.2) is 41.8 Å². The predicted molar refractivity (Wildman–Crippen MR) is 90.5 cm³/mol. The summed E-state index contributed by atoms with van der Waals surface area (Å²) in [5, 5.41) is 2.19. The molecule has 1 amide bonds. The lowest BCUT2D eigenvalue weighted by molar-refractivity contribution is -0.441. The summed E-state index contributed by atoms with van der Waals surface area (Å²) >= 11 is 0. The second-order valence-electron chi connectivity index (χ2n) is 7.72. The minimum absolute atomic E-state index is 0.0280. The Morgan fingerprint density at radius 3 is 1.65 bits per heavy atom. The molecule has 2 rings (SSSR count). The van der Waals surface area contributed by atoms with Crippen molar-refractivity contribution in [3.8, 4) is 0 Å². The lowest BCUT2D eigenvalue weighted by Gasteiger charge is -2.40. The number of hydrogen-bond donors (Lipinski definition) is 1. The fraction of sp³-hybridized carbons (Fsp3) is 0.632. The first kappa shape index (κ1) is 28.0. The van der Waals surface area contributed by atoms with Crippen LogP contribution < -0.4 is 5.32 Å². The van der Waals surface area contributed by atoms with Crippen molar-refractivity contribution in [3.63, 3.8) is 0 Å². The van der Waals surface area contributed by atoms with Crippen molar-refractivity contribution in [1.29, 1.82) is 0 Å². The smallest absolute Gasteiger partial charge is 0.349 e. The van der Waals surface area contributed by atoms with Crippen LogP contribution in [0.2, 0.25) is 0 Å². The number of amides is 1. The Hall–Kier alpha value is -2.22. The molecule has 0 aliphatic heterocycles. The first-order valence-electron chi connectivity index (χ1n) is 9.59. The van der Waals surface area contributed by atoms with E-state index in [4.69, 9.17) is 0 Å². The zero-order chi connectivity index (χ0) is 26.4. The number of rotatable bonds is 7. The molecular formula is C19H16F13NO. The molecule has 0 aromatic heterocycles. The summed E-state index contributed by atoms with van der Waals surface area (Å²) in [6.07, 6.45) is -4.78. The summed E-state index contributed by atoms with van der Waals surface area (Å²) in [7, 11) is 0. The highest BCUT2D eigenvalue weighted by atomic mass is 19.4. The van der Waals surface area contributed by atoms with E-state index < -0.39 is 58.9 Å². The van der Waals surface area contributed by atoms with Crippen LogP contribution in [0.1, 0.15) is 48.0 Å². The maximum Gasteiger partial charge on any atom is 0.460 e. The molecule has 2 nitrogen and oxygen atoms in total. The highest BCUT2D eigenvalue weighted by Crippen LogP contribution is 2.62. The van der Waals surface area contributed by atoms with Crippen LogP contribution in [0.4, 0.5) is 57.1 Å². The molecular weight excluding hydrogens is 505 g/mol. The van der Waals surface area contributed by atoms with Gasteiger partial charge in [0.05, 0.1) is 0 Å². The van der Waals surface area contributed by atoms with Gasteiger partial charge in [-0.2, -0.15) is 57.1 Å². The second-order valence-corrected chi connectivity index (χ2v) is 7.72. The van der Waals surface area contributed by atoms with E-state index in [1.165, 1.54) is 0 Å². The van der Waals surface area contributed by atoms with Gasteiger partial charge in [0.2, 0.25) is 0 Å². The van der Waals surface area contributed by atoms with Crippen LogP contribution in [0.5, 0.6) is 0 Å². The van der Waals surface area contributed by atoms with E-state index in [0.717, 1.165) is 12.5 Å². The third kappa shape index (κ3) is 4.30. The molecule has 1 aliphatic carbocycles. The van der Waals surface area contributed by atoms with Crippen molar-refractivity contribution >= 4 is 5.91 Å². The minimum Gasteiger partial charge on any atom is -0.349 e. The largest absolute Gasteiger partial charge is 0.460 e. The van der Waals surface area contributed by atoms with E-state index in [1.54, 1.807) is 0 Å². The van der Waals surface area contributed by atoms with Crippen LogP contribution >= 0.6 is 0 Å². The Bertz CT molecular complexity index is 888. The fourth-order valence-electron chi connectivity index (χ4n) is 3.40. The van der Waals surface area contributed by atoms with Crippen molar-refractivity contribution in [3.05, 3.63) is 35.4 Å². The molecule has 0 bridgehead atoms. The molecule has 1 N–H and O–H groups in total. The van der Waals surface area contributed by atoms with Crippen molar-refractivity contribution in [2.24, 2.45) is 0 Å². The second kappa shape index (κ2) is 8.77. The summed E-state index contributed by atoms with van der Waals surface area (Å²) in [5.74, 6) is -39.2. The summed E-state index contributed by atoms with van der Waals surface area (Å²) in [5.41, 5.74) is -3.64. The average molecular weight is 521 g/mol. The van der Waals surface area contributed by atoms with Crippen molar-refractivity contribution in [2.75, 3.05) is 0 Å². The lowest BCUT2D eigenvalue weighted by Crippen LogP contribution is -2.69. The van der Waals surface area contributed by atoms with Gasteiger partial charge < -0.3 is 5.32 Å². The van der Waals surface area contributed by atoms with Gasteiger partial charge >= 0.3 is 35.8 Å². The summed E-state index contributed by atoms with van der Waals surface area (Å²) in [6.45, 7) is 0. The van der Waals surface area contributed by atoms with E-state index in [2.05, 4.69) is 5.32 Å². The SMILES string of the molecule is O=C(NC1CCCCC1)c1ccccc1C(F)(F)C(F)(F)C(F)(F)C(F)(F)C(F)(F)C(F)(F)F. The molecule has 34 heavy (non-hydrogen) atoms. The van der Waals surface area contributed by atoms with E-state index in [9.17, 15) is 61.9 Å². The number of nitrogens with one attached hydrogen (secondary N) is 1. The first-order valence-corrected chi connectivity index (χ1v) is 9.59. The topological polar surface area (TPSA) is 29.1 Å². The molecule has 194 valence electrons. The summed E-state index contributed by atoms with van der Waals surface area (Å²) in [6, 6.07) is 1.17. The Balaban J connectivity index is 2.53. The summed E-state index contributed by atoms with van der Waals surface area (Å²) < 4.78 is 175. The zero-order valence-corrected chi connectivity index (χ0v) is 16.7. The van der Waals surface area contributed by atoms with Gasteiger partial charge in [-0.05, 0) is 18.9 Å². The third-order valence-electron chi connectivity index (χ3n) is 5.38. The molecule has 0 saturated heterocycles. The third-order valence-corrected chi connectivity index (χ3v) is 5.38. The Labute approximate surface area is 183 Å². The Kier molecular flexibility index (Phi) is 7.23. The lowest BCUT2D eigenvalue weighted by atomic mass is 9.88. The molecule has 15 heteroatoms. The van der Waals surface area contributed by atoms with Gasteiger partial charge in [0.15, 0.2) is 0 Å². The van der Waals surface area contributed by atoms with Crippen molar-refractivity contribution in [2.45, 2.75) is 73.9 Å². The minimum atomic E-state index is -8.00. The highest BCUT2D eigenvalue weighted by Gasteiger charge is 2.91. The van der Waals surface area contributed by atoms with Crippen LogP contribution in [0.25, 0.3) is 0 Å². The normalized spacial score (nSPS) is 17.6. The van der Waals surface area contributed by atoms with Crippen molar-refractivity contribution in [1.82, 2.24) is 5.32 Å². The molecule has 0 radical (unpaired) electrons. The molecule has 1 aromatic carbocycles. The van der Waals surface area contributed by atoms with Gasteiger partial charge in [0, 0.05) is 17.2 Å². The van der Waals surface area contributed by atoms with Gasteiger partial charge in [-0.3, -0.25) is 4.79 Å². The monoisotopic (exact) mass is 521 g/mol. The zero-order valence-electron chi connectivity index (χ0n) is 16.7. The fourth-order valence-corrected chi connectivity index (χ4v) is 3.40. The standard InChI is InChI=1S/C19H16F13NO/c20-14(21,15(22,23)16(24,25)17(26,27)18(28,29)19(30,31)32)12-9-5-4-8-11(12)13(34)33-10-6-2-1-3-7-10/h4-5,8-10H,1-3,6-7H2,(H,33,34). The number of alkyl halides is 13. The Morgan fingerprint density at radius 1 is 0.676 bits per heavy atom. The molecule has 0 heterocycles. The average Bonchev–Trinajstić information content (AvgIpc) is 2.73. The van der Waals surface area contributed by atoms with E-state index in [-0.39, 0.29) is 6.07 Å². The number of carbonyl (C=O) groups excluding carboxylic acids is 1. The van der Waals surface area contributed by atoms with Crippen LogP contribution in [0.3, 0.4) is 0 Å². The number of benzene rings is 1. The maximum absolute atomic E-state index is 14.6. The predicted octanol–water partition coefficient (Wildman–Crippen LogP) is 6.94. The van der Waals surface area contributed by atoms with Gasteiger partial charge in [0.25, 0.3) is 5.91 Å². The van der Waals surface area contributed by atoms with Gasteiger partial charge in [-0.15, -0.1) is 0 Å². The molecule has 1 aliphatic rings. The Morgan fingerprint density at radius 2 is 1.15 bits per heavy atom. The van der Waals surface area contributed by atoms with Gasteiger partial charge in [0.1, 0.15) is 0 Å². The van der Waals surface area contributed by atoms with Crippen molar-refractivity contribution < 1.29 is 61.9 Å². The highest BCUT2D eigenvalue weighted by molar-refractivity contribution is 5.96. The molecule has 1 aromatic rings.